The zero-order valence-corrected chi connectivity index (χ0v) is 13.4. The van der Waals surface area contributed by atoms with Crippen LogP contribution in [0.15, 0.2) is 24.3 Å². The molecule has 3 rings (SSSR count). The molecule has 1 aromatic rings. The highest BCUT2D eigenvalue weighted by Crippen LogP contribution is 2.44. The number of amides is 1. The van der Waals surface area contributed by atoms with Gasteiger partial charge in [-0.2, -0.15) is 0 Å². The number of carbonyl (C=O) groups excluding carboxylic acids is 1. The molecule has 2 fully saturated rings. The number of carbonyl (C=O) groups is 1. The third-order valence-corrected chi connectivity index (χ3v) is 5.07. The molecule has 0 aliphatic heterocycles. The van der Waals surface area contributed by atoms with Gasteiger partial charge >= 0.3 is 0 Å². The predicted octanol–water partition coefficient (Wildman–Crippen LogP) is 3.16. The maximum atomic E-state index is 12.5. The monoisotopic (exact) mass is 303 g/mol. The lowest BCUT2D eigenvalue weighted by atomic mass is 9.95. The quantitative estimate of drug-likeness (QED) is 0.878. The minimum Gasteiger partial charge on any atom is -0.493 e. The highest BCUT2D eigenvalue weighted by molar-refractivity contribution is 5.81. The van der Waals surface area contributed by atoms with E-state index in [9.17, 15) is 4.79 Å². The lowest BCUT2D eigenvalue weighted by Gasteiger charge is -2.26. The van der Waals surface area contributed by atoms with Crippen LogP contribution in [-0.2, 0) is 4.79 Å². The van der Waals surface area contributed by atoms with E-state index >= 15 is 0 Å². The molecule has 120 valence electrons. The number of para-hydroxylation sites is 2. The van der Waals surface area contributed by atoms with Crippen molar-refractivity contribution in [3.05, 3.63) is 24.3 Å². The van der Waals surface area contributed by atoms with Gasteiger partial charge in [-0.15, -0.1) is 0 Å². The molecular formula is C18H25NO3. The van der Waals surface area contributed by atoms with Crippen molar-refractivity contribution in [3.63, 3.8) is 0 Å². The maximum Gasteiger partial charge on any atom is 0.261 e. The Morgan fingerprint density at radius 1 is 1.27 bits per heavy atom. The van der Waals surface area contributed by atoms with Crippen molar-refractivity contribution in [1.29, 1.82) is 0 Å². The van der Waals surface area contributed by atoms with E-state index in [1.165, 1.54) is 19.3 Å². The molecule has 2 aliphatic rings. The molecule has 0 saturated heterocycles. The maximum absolute atomic E-state index is 12.5. The Morgan fingerprint density at radius 2 is 2.05 bits per heavy atom. The summed E-state index contributed by atoms with van der Waals surface area (Å²) in [6.07, 6.45) is 5.21. The molecule has 22 heavy (non-hydrogen) atoms. The standard InChI is InChI=1S/C18H25NO3/c1-3-15(22-17-7-5-4-6-16(17)21-2)18(20)19-14-11-12-8-9-13(14)10-12/h4-7,12-15H,3,8-11H2,1-2H3,(H,19,20)/t12-,13-,14+,15+/m0/s1. The van der Waals surface area contributed by atoms with Crippen molar-refractivity contribution in [1.82, 2.24) is 5.32 Å². The van der Waals surface area contributed by atoms with Crippen LogP contribution in [0.3, 0.4) is 0 Å². The Balaban J connectivity index is 1.62. The molecule has 4 nitrogen and oxygen atoms in total. The fraction of sp³-hybridized carbons (Fsp3) is 0.611. The molecule has 4 atom stereocenters. The SMILES string of the molecule is CC[C@@H](Oc1ccccc1OC)C(=O)N[C@@H]1C[C@H]2CC[C@H]1C2. The van der Waals surface area contributed by atoms with Gasteiger partial charge in [0.15, 0.2) is 17.6 Å². The minimum atomic E-state index is -0.463. The van der Waals surface area contributed by atoms with Crippen molar-refractivity contribution < 1.29 is 14.3 Å². The van der Waals surface area contributed by atoms with Gasteiger partial charge in [-0.05, 0) is 49.7 Å². The normalized spacial score (nSPS) is 27.5. The molecule has 1 N–H and O–H groups in total. The van der Waals surface area contributed by atoms with Gasteiger partial charge in [0.1, 0.15) is 0 Å². The van der Waals surface area contributed by atoms with Crippen LogP contribution in [0, 0.1) is 11.8 Å². The summed E-state index contributed by atoms with van der Waals surface area (Å²) in [7, 11) is 1.61. The van der Waals surface area contributed by atoms with Gasteiger partial charge in [0.2, 0.25) is 0 Å². The summed E-state index contributed by atoms with van der Waals surface area (Å²) in [4.78, 5) is 12.5. The largest absolute Gasteiger partial charge is 0.493 e. The fourth-order valence-electron chi connectivity index (χ4n) is 3.89. The first-order chi connectivity index (χ1) is 10.7. The molecule has 0 heterocycles. The van der Waals surface area contributed by atoms with Gasteiger partial charge in [0.25, 0.3) is 5.91 Å². The molecule has 2 saturated carbocycles. The second-order valence-electron chi connectivity index (χ2n) is 6.46. The topological polar surface area (TPSA) is 47.6 Å². The van der Waals surface area contributed by atoms with Gasteiger partial charge < -0.3 is 14.8 Å². The van der Waals surface area contributed by atoms with E-state index < -0.39 is 6.10 Å². The first-order valence-electron chi connectivity index (χ1n) is 8.31. The Bertz CT molecular complexity index is 531. The highest BCUT2D eigenvalue weighted by Gasteiger charge is 2.40. The Hall–Kier alpha value is -1.71. The smallest absolute Gasteiger partial charge is 0.261 e. The lowest BCUT2D eigenvalue weighted by Crippen LogP contribution is -2.45. The molecule has 2 bridgehead atoms. The summed E-state index contributed by atoms with van der Waals surface area (Å²) in [5.74, 6) is 2.79. The van der Waals surface area contributed by atoms with Crippen LogP contribution in [0.25, 0.3) is 0 Å². The van der Waals surface area contributed by atoms with E-state index in [1.807, 2.05) is 31.2 Å². The summed E-state index contributed by atoms with van der Waals surface area (Å²) in [5, 5.41) is 3.21. The third-order valence-electron chi connectivity index (χ3n) is 5.07. The zero-order chi connectivity index (χ0) is 15.5. The molecule has 1 aromatic carbocycles. The zero-order valence-electron chi connectivity index (χ0n) is 13.4. The summed E-state index contributed by atoms with van der Waals surface area (Å²) in [6.45, 7) is 1.97. The van der Waals surface area contributed by atoms with E-state index in [0.717, 1.165) is 12.3 Å². The van der Waals surface area contributed by atoms with E-state index in [-0.39, 0.29) is 5.91 Å². The molecule has 2 aliphatic carbocycles. The predicted molar refractivity (Wildman–Crippen MR) is 85.1 cm³/mol. The molecule has 0 aromatic heterocycles. The molecule has 4 heteroatoms. The van der Waals surface area contributed by atoms with Crippen LogP contribution in [0.2, 0.25) is 0 Å². The Kier molecular flexibility index (Phi) is 4.55. The number of nitrogens with one attached hydrogen (secondary N) is 1. The van der Waals surface area contributed by atoms with Crippen LogP contribution in [-0.4, -0.2) is 25.2 Å². The fourth-order valence-corrected chi connectivity index (χ4v) is 3.89. The average molecular weight is 303 g/mol. The lowest BCUT2D eigenvalue weighted by molar-refractivity contribution is -0.129. The van der Waals surface area contributed by atoms with Crippen LogP contribution in [0.5, 0.6) is 11.5 Å². The van der Waals surface area contributed by atoms with Gasteiger partial charge in [-0.25, -0.2) is 0 Å². The summed E-state index contributed by atoms with van der Waals surface area (Å²) in [6, 6.07) is 7.81. The molecule has 0 unspecified atom stereocenters. The Labute approximate surface area is 132 Å². The molecule has 0 spiro atoms. The average Bonchev–Trinajstić information content (AvgIpc) is 3.15. The number of benzene rings is 1. The summed E-state index contributed by atoms with van der Waals surface area (Å²) >= 11 is 0. The van der Waals surface area contributed by atoms with Crippen molar-refractivity contribution >= 4 is 5.91 Å². The first-order valence-corrected chi connectivity index (χ1v) is 8.31. The van der Waals surface area contributed by atoms with Crippen molar-refractivity contribution in [2.45, 2.75) is 51.2 Å². The molecular weight excluding hydrogens is 278 g/mol. The highest BCUT2D eigenvalue weighted by atomic mass is 16.5. The van der Waals surface area contributed by atoms with Gasteiger partial charge in [0, 0.05) is 6.04 Å². The number of fused-ring (bicyclic) bond motifs is 2. The number of hydrogen-bond donors (Lipinski definition) is 1. The van der Waals surface area contributed by atoms with Gasteiger partial charge in [0.05, 0.1) is 7.11 Å². The van der Waals surface area contributed by atoms with E-state index in [2.05, 4.69) is 5.32 Å². The van der Waals surface area contributed by atoms with Crippen molar-refractivity contribution in [3.8, 4) is 11.5 Å². The third kappa shape index (κ3) is 3.06. The molecule has 1 amide bonds. The second kappa shape index (κ2) is 6.59. The number of methoxy groups -OCH3 is 1. The number of hydrogen-bond acceptors (Lipinski definition) is 3. The van der Waals surface area contributed by atoms with Gasteiger partial charge in [-0.1, -0.05) is 25.5 Å². The Morgan fingerprint density at radius 3 is 2.64 bits per heavy atom. The van der Waals surface area contributed by atoms with Crippen LogP contribution >= 0.6 is 0 Å². The van der Waals surface area contributed by atoms with Gasteiger partial charge in [-0.3, -0.25) is 4.79 Å². The first kappa shape index (κ1) is 15.2. The van der Waals surface area contributed by atoms with Crippen LogP contribution in [0.1, 0.15) is 39.0 Å². The van der Waals surface area contributed by atoms with Crippen molar-refractivity contribution in [2.75, 3.05) is 7.11 Å². The number of ether oxygens (including phenoxy) is 2. The van der Waals surface area contributed by atoms with Crippen LogP contribution < -0.4 is 14.8 Å². The van der Waals surface area contributed by atoms with E-state index in [0.29, 0.717) is 29.9 Å². The molecule has 0 radical (unpaired) electrons. The summed E-state index contributed by atoms with van der Waals surface area (Å²) in [5.41, 5.74) is 0. The van der Waals surface area contributed by atoms with E-state index in [4.69, 9.17) is 9.47 Å². The number of rotatable bonds is 6. The summed E-state index contributed by atoms with van der Waals surface area (Å²) < 4.78 is 11.2. The second-order valence-corrected chi connectivity index (χ2v) is 6.46. The minimum absolute atomic E-state index is 0.00551. The van der Waals surface area contributed by atoms with E-state index in [1.54, 1.807) is 7.11 Å². The van der Waals surface area contributed by atoms with Crippen molar-refractivity contribution in [2.24, 2.45) is 11.8 Å². The van der Waals surface area contributed by atoms with Crippen LogP contribution in [0.4, 0.5) is 0 Å².